The quantitative estimate of drug-likeness (QED) is 0.768. The standard InChI is InChI=1S/C13H15N3O5/c1-7-15-16-13(21-7)8-5-9(14)11(6-10(8)19-2)20-4-3-12(17)18/h5-6H,3-4,14H2,1-2H3,(H,17,18). The van der Waals surface area contributed by atoms with Crippen LogP contribution in [-0.4, -0.2) is 35.0 Å². The molecular weight excluding hydrogens is 278 g/mol. The summed E-state index contributed by atoms with van der Waals surface area (Å²) in [6.45, 7) is 1.69. The van der Waals surface area contributed by atoms with E-state index in [0.29, 0.717) is 28.6 Å². The van der Waals surface area contributed by atoms with Crippen LogP contribution in [-0.2, 0) is 4.79 Å². The minimum absolute atomic E-state index is 0.0156. The van der Waals surface area contributed by atoms with Crippen molar-refractivity contribution in [2.75, 3.05) is 19.5 Å². The molecule has 3 N–H and O–H groups in total. The van der Waals surface area contributed by atoms with Crippen LogP contribution in [0, 0.1) is 6.92 Å². The van der Waals surface area contributed by atoms with Gasteiger partial charge in [0.25, 0.3) is 5.89 Å². The Labute approximate surface area is 120 Å². The van der Waals surface area contributed by atoms with E-state index >= 15 is 0 Å². The molecular formula is C13H15N3O5. The Balaban J connectivity index is 2.28. The number of nitrogen functional groups attached to an aromatic ring is 1. The van der Waals surface area contributed by atoms with Crippen molar-refractivity contribution >= 4 is 11.7 Å². The summed E-state index contributed by atoms with van der Waals surface area (Å²) in [7, 11) is 1.49. The van der Waals surface area contributed by atoms with Crippen molar-refractivity contribution in [2.45, 2.75) is 13.3 Å². The lowest BCUT2D eigenvalue weighted by Crippen LogP contribution is -2.06. The van der Waals surface area contributed by atoms with E-state index in [9.17, 15) is 4.79 Å². The normalized spacial score (nSPS) is 10.4. The molecule has 0 aliphatic heterocycles. The smallest absolute Gasteiger partial charge is 0.306 e. The highest BCUT2D eigenvalue weighted by Gasteiger charge is 2.16. The zero-order valence-electron chi connectivity index (χ0n) is 11.6. The van der Waals surface area contributed by atoms with Gasteiger partial charge in [-0.2, -0.15) is 0 Å². The van der Waals surface area contributed by atoms with Crippen LogP contribution in [0.5, 0.6) is 11.5 Å². The van der Waals surface area contributed by atoms with Gasteiger partial charge in [-0.3, -0.25) is 4.79 Å². The average Bonchev–Trinajstić information content (AvgIpc) is 2.86. The van der Waals surface area contributed by atoms with Crippen molar-refractivity contribution < 1.29 is 23.8 Å². The molecule has 0 aliphatic rings. The number of hydrogen-bond donors (Lipinski definition) is 2. The topological polar surface area (TPSA) is 121 Å². The van der Waals surface area contributed by atoms with Crippen molar-refractivity contribution in [1.29, 1.82) is 0 Å². The van der Waals surface area contributed by atoms with Gasteiger partial charge in [-0.1, -0.05) is 0 Å². The molecule has 0 amide bonds. The molecule has 0 bridgehead atoms. The lowest BCUT2D eigenvalue weighted by atomic mass is 10.1. The first-order valence-electron chi connectivity index (χ1n) is 6.14. The number of carboxylic acid groups (broad SMARTS) is 1. The summed E-state index contributed by atoms with van der Waals surface area (Å²) in [5.74, 6) is 0.547. The highest BCUT2D eigenvalue weighted by atomic mass is 16.5. The van der Waals surface area contributed by atoms with E-state index in [4.69, 9.17) is 24.7 Å². The van der Waals surface area contributed by atoms with Gasteiger partial charge in [-0.15, -0.1) is 10.2 Å². The molecule has 0 radical (unpaired) electrons. The predicted octanol–water partition coefficient (Wildman–Crippen LogP) is 1.49. The largest absolute Gasteiger partial charge is 0.496 e. The molecule has 1 aromatic heterocycles. The molecule has 1 heterocycles. The van der Waals surface area contributed by atoms with Gasteiger partial charge < -0.3 is 24.7 Å². The molecule has 1 aromatic carbocycles. The van der Waals surface area contributed by atoms with Crippen LogP contribution < -0.4 is 15.2 Å². The van der Waals surface area contributed by atoms with Crippen LogP contribution in [0.15, 0.2) is 16.5 Å². The maximum atomic E-state index is 10.5. The van der Waals surface area contributed by atoms with Gasteiger partial charge in [-0.05, 0) is 6.07 Å². The molecule has 0 unspecified atom stereocenters. The van der Waals surface area contributed by atoms with Gasteiger partial charge in [0.2, 0.25) is 5.89 Å². The number of hydrogen-bond acceptors (Lipinski definition) is 7. The number of benzene rings is 1. The van der Waals surface area contributed by atoms with E-state index in [-0.39, 0.29) is 18.9 Å². The van der Waals surface area contributed by atoms with Crippen molar-refractivity contribution in [1.82, 2.24) is 10.2 Å². The second-order valence-corrected chi connectivity index (χ2v) is 4.21. The third kappa shape index (κ3) is 3.41. The molecule has 112 valence electrons. The van der Waals surface area contributed by atoms with Gasteiger partial charge in [0.15, 0.2) is 0 Å². The molecule has 8 nitrogen and oxygen atoms in total. The van der Waals surface area contributed by atoms with Crippen molar-refractivity contribution in [3.05, 3.63) is 18.0 Å². The zero-order valence-corrected chi connectivity index (χ0v) is 11.6. The Bertz CT molecular complexity index is 653. The number of anilines is 1. The summed E-state index contributed by atoms with van der Waals surface area (Å²) in [4.78, 5) is 10.5. The summed E-state index contributed by atoms with van der Waals surface area (Å²) in [6.07, 6.45) is -0.119. The maximum Gasteiger partial charge on any atom is 0.306 e. The lowest BCUT2D eigenvalue weighted by molar-refractivity contribution is -0.137. The van der Waals surface area contributed by atoms with E-state index in [1.807, 2.05) is 0 Å². The molecule has 21 heavy (non-hydrogen) atoms. The number of aliphatic carboxylic acids is 1. The highest BCUT2D eigenvalue weighted by Crippen LogP contribution is 2.37. The summed E-state index contributed by atoms with van der Waals surface area (Å²) in [6, 6.07) is 3.15. The number of rotatable bonds is 6. The van der Waals surface area contributed by atoms with Crippen molar-refractivity contribution in [3.63, 3.8) is 0 Å². The van der Waals surface area contributed by atoms with Gasteiger partial charge in [0.05, 0.1) is 31.4 Å². The fourth-order valence-electron chi connectivity index (χ4n) is 1.69. The minimum Gasteiger partial charge on any atom is -0.496 e. The third-order valence-corrected chi connectivity index (χ3v) is 2.66. The predicted molar refractivity (Wildman–Crippen MR) is 73.2 cm³/mol. The Morgan fingerprint density at radius 3 is 2.71 bits per heavy atom. The fraction of sp³-hybridized carbons (Fsp3) is 0.308. The number of methoxy groups -OCH3 is 1. The summed E-state index contributed by atoms with van der Waals surface area (Å²) < 4.78 is 15.9. The summed E-state index contributed by atoms with van der Waals surface area (Å²) in [5, 5.41) is 16.3. The van der Waals surface area contributed by atoms with Crippen molar-refractivity contribution in [3.8, 4) is 23.0 Å². The highest BCUT2D eigenvalue weighted by molar-refractivity contribution is 5.72. The first-order valence-corrected chi connectivity index (χ1v) is 6.14. The van der Waals surface area contributed by atoms with Crippen LogP contribution >= 0.6 is 0 Å². The van der Waals surface area contributed by atoms with Crippen LogP contribution in [0.4, 0.5) is 5.69 Å². The SMILES string of the molecule is COc1cc(OCCC(=O)O)c(N)cc1-c1nnc(C)o1. The Hall–Kier alpha value is -2.77. The van der Waals surface area contributed by atoms with Gasteiger partial charge in [0, 0.05) is 13.0 Å². The fourth-order valence-corrected chi connectivity index (χ4v) is 1.69. The molecule has 0 spiro atoms. The first kappa shape index (κ1) is 14.6. The minimum atomic E-state index is -0.946. The van der Waals surface area contributed by atoms with Crippen LogP contribution in [0.25, 0.3) is 11.5 Å². The van der Waals surface area contributed by atoms with Crippen LogP contribution in [0.3, 0.4) is 0 Å². The number of aromatic nitrogens is 2. The molecule has 0 aliphatic carbocycles. The van der Waals surface area contributed by atoms with E-state index in [2.05, 4.69) is 10.2 Å². The van der Waals surface area contributed by atoms with E-state index in [0.717, 1.165) is 0 Å². The number of carboxylic acids is 1. The molecule has 8 heteroatoms. The monoisotopic (exact) mass is 293 g/mol. The van der Waals surface area contributed by atoms with E-state index < -0.39 is 5.97 Å². The second kappa shape index (κ2) is 6.12. The Morgan fingerprint density at radius 1 is 1.38 bits per heavy atom. The molecule has 0 fully saturated rings. The third-order valence-electron chi connectivity index (χ3n) is 2.66. The number of carbonyl (C=O) groups is 1. The number of ether oxygens (including phenoxy) is 2. The van der Waals surface area contributed by atoms with Crippen LogP contribution in [0.2, 0.25) is 0 Å². The molecule has 0 saturated carbocycles. The number of nitrogens with two attached hydrogens (primary N) is 1. The van der Waals surface area contributed by atoms with Crippen molar-refractivity contribution in [2.24, 2.45) is 0 Å². The zero-order chi connectivity index (χ0) is 15.4. The number of aryl methyl sites for hydroxylation is 1. The molecule has 0 atom stereocenters. The maximum absolute atomic E-state index is 10.5. The number of nitrogens with zero attached hydrogens (tertiary/aromatic N) is 2. The Kier molecular flexibility index (Phi) is 4.27. The first-order chi connectivity index (χ1) is 10.0. The van der Waals surface area contributed by atoms with Gasteiger partial charge in [0.1, 0.15) is 11.5 Å². The van der Waals surface area contributed by atoms with Gasteiger partial charge >= 0.3 is 5.97 Å². The summed E-state index contributed by atoms with van der Waals surface area (Å²) >= 11 is 0. The second-order valence-electron chi connectivity index (χ2n) is 4.21. The average molecular weight is 293 g/mol. The molecule has 2 aromatic rings. The molecule has 2 rings (SSSR count). The Morgan fingerprint density at radius 2 is 2.14 bits per heavy atom. The molecule has 0 saturated heterocycles. The van der Waals surface area contributed by atoms with E-state index in [1.54, 1.807) is 19.1 Å². The van der Waals surface area contributed by atoms with Gasteiger partial charge in [-0.25, -0.2) is 0 Å². The van der Waals surface area contributed by atoms with E-state index in [1.165, 1.54) is 7.11 Å². The van der Waals surface area contributed by atoms with Crippen LogP contribution in [0.1, 0.15) is 12.3 Å². The lowest BCUT2D eigenvalue weighted by Gasteiger charge is -2.12. The summed E-state index contributed by atoms with van der Waals surface area (Å²) in [5.41, 5.74) is 6.76.